The SMILES string of the molecule is CN1CCC[C@@H]1CN1CCc2ccc(OCC3CC3)cc21. The summed E-state index contributed by atoms with van der Waals surface area (Å²) in [6.45, 7) is 4.52. The minimum Gasteiger partial charge on any atom is -0.493 e. The highest BCUT2D eigenvalue weighted by molar-refractivity contribution is 5.61. The van der Waals surface area contributed by atoms with Gasteiger partial charge in [0.15, 0.2) is 0 Å². The number of likely N-dealkylation sites (tertiary alicyclic amines) is 1. The van der Waals surface area contributed by atoms with Crippen LogP contribution in [0.25, 0.3) is 0 Å². The van der Waals surface area contributed by atoms with Crippen molar-refractivity contribution in [1.29, 1.82) is 0 Å². The Balaban J connectivity index is 1.45. The van der Waals surface area contributed by atoms with Gasteiger partial charge in [-0.2, -0.15) is 0 Å². The molecule has 2 fully saturated rings. The van der Waals surface area contributed by atoms with Crippen LogP contribution in [-0.2, 0) is 6.42 Å². The molecule has 1 aromatic carbocycles. The van der Waals surface area contributed by atoms with Gasteiger partial charge in [-0.1, -0.05) is 6.07 Å². The second kappa shape index (κ2) is 5.53. The van der Waals surface area contributed by atoms with Crippen molar-refractivity contribution in [3.63, 3.8) is 0 Å². The van der Waals surface area contributed by atoms with Crippen LogP contribution in [0.2, 0.25) is 0 Å². The monoisotopic (exact) mass is 286 g/mol. The Labute approximate surface area is 127 Å². The summed E-state index contributed by atoms with van der Waals surface area (Å²) in [6, 6.07) is 7.44. The van der Waals surface area contributed by atoms with Crippen molar-refractivity contribution in [2.24, 2.45) is 5.92 Å². The molecule has 0 aromatic heterocycles. The van der Waals surface area contributed by atoms with E-state index in [4.69, 9.17) is 4.74 Å². The lowest BCUT2D eigenvalue weighted by atomic mass is 10.1. The van der Waals surface area contributed by atoms with Crippen molar-refractivity contribution >= 4 is 5.69 Å². The molecule has 0 radical (unpaired) electrons. The topological polar surface area (TPSA) is 15.7 Å². The van der Waals surface area contributed by atoms with Gasteiger partial charge in [-0.05, 0) is 63.2 Å². The molecule has 0 N–H and O–H groups in total. The highest BCUT2D eigenvalue weighted by atomic mass is 16.5. The lowest BCUT2D eigenvalue weighted by Crippen LogP contribution is -2.37. The lowest BCUT2D eigenvalue weighted by Gasteiger charge is -2.27. The smallest absolute Gasteiger partial charge is 0.121 e. The van der Waals surface area contributed by atoms with Crippen molar-refractivity contribution in [1.82, 2.24) is 4.90 Å². The van der Waals surface area contributed by atoms with E-state index in [9.17, 15) is 0 Å². The average Bonchev–Trinajstić information content (AvgIpc) is 3.13. The molecular weight excluding hydrogens is 260 g/mol. The van der Waals surface area contributed by atoms with E-state index in [-0.39, 0.29) is 0 Å². The Hall–Kier alpha value is -1.22. The number of likely N-dealkylation sites (N-methyl/N-ethyl adjacent to an activating group) is 1. The second-order valence-corrected chi connectivity index (χ2v) is 7.02. The lowest BCUT2D eigenvalue weighted by molar-refractivity contribution is 0.299. The van der Waals surface area contributed by atoms with E-state index in [1.54, 1.807) is 0 Å². The number of nitrogens with zero attached hydrogens (tertiary/aromatic N) is 2. The zero-order valence-electron chi connectivity index (χ0n) is 13.1. The number of hydrogen-bond donors (Lipinski definition) is 0. The summed E-state index contributed by atoms with van der Waals surface area (Å²) in [6.07, 6.45) is 6.59. The van der Waals surface area contributed by atoms with Crippen molar-refractivity contribution in [3.8, 4) is 5.75 Å². The van der Waals surface area contributed by atoms with Crippen LogP contribution in [0.5, 0.6) is 5.75 Å². The molecule has 1 atom stereocenters. The Morgan fingerprint density at radius 1 is 1.19 bits per heavy atom. The zero-order valence-corrected chi connectivity index (χ0v) is 13.1. The molecule has 0 amide bonds. The fourth-order valence-electron chi connectivity index (χ4n) is 3.67. The molecule has 2 heterocycles. The van der Waals surface area contributed by atoms with Gasteiger partial charge in [0.25, 0.3) is 0 Å². The first-order valence-corrected chi connectivity index (χ1v) is 8.50. The summed E-state index contributed by atoms with van der Waals surface area (Å²) in [5.74, 6) is 1.88. The summed E-state index contributed by atoms with van der Waals surface area (Å²) >= 11 is 0. The molecule has 1 aliphatic carbocycles. The molecular formula is C18H26N2O. The fourth-order valence-corrected chi connectivity index (χ4v) is 3.67. The van der Waals surface area contributed by atoms with Gasteiger partial charge in [-0.25, -0.2) is 0 Å². The quantitative estimate of drug-likeness (QED) is 0.828. The van der Waals surface area contributed by atoms with Crippen molar-refractivity contribution in [2.75, 3.05) is 38.2 Å². The van der Waals surface area contributed by atoms with E-state index in [0.29, 0.717) is 0 Å². The molecule has 1 saturated carbocycles. The summed E-state index contributed by atoms with van der Waals surface area (Å²) in [7, 11) is 2.27. The predicted octanol–water partition coefficient (Wildman–Crippen LogP) is 2.93. The number of rotatable bonds is 5. The van der Waals surface area contributed by atoms with Gasteiger partial charge >= 0.3 is 0 Å². The Morgan fingerprint density at radius 2 is 2.10 bits per heavy atom. The minimum absolute atomic E-state index is 0.729. The fraction of sp³-hybridized carbons (Fsp3) is 0.667. The standard InChI is InChI=1S/C18H26N2O/c1-19-9-2-3-16(19)12-20-10-8-15-6-7-17(11-18(15)20)21-13-14-4-5-14/h6-7,11,14,16H,2-5,8-10,12-13H2,1H3/t16-/m1/s1. The number of ether oxygens (including phenoxy) is 1. The predicted molar refractivity (Wildman–Crippen MR) is 86.2 cm³/mol. The molecule has 114 valence electrons. The third kappa shape index (κ3) is 2.89. The van der Waals surface area contributed by atoms with Gasteiger partial charge in [-0.3, -0.25) is 0 Å². The van der Waals surface area contributed by atoms with Crippen molar-refractivity contribution < 1.29 is 4.74 Å². The maximum Gasteiger partial charge on any atom is 0.121 e. The van der Waals surface area contributed by atoms with Crippen LogP contribution >= 0.6 is 0 Å². The maximum atomic E-state index is 5.96. The molecule has 4 rings (SSSR count). The van der Waals surface area contributed by atoms with Crippen LogP contribution in [0.15, 0.2) is 18.2 Å². The first-order chi connectivity index (χ1) is 10.3. The molecule has 0 spiro atoms. The van der Waals surface area contributed by atoms with Gasteiger partial charge < -0.3 is 14.5 Å². The Kier molecular flexibility index (Phi) is 3.54. The summed E-state index contributed by atoms with van der Waals surface area (Å²) < 4.78 is 5.96. The Bertz CT molecular complexity index is 512. The van der Waals surface area contributed by atoms with E-state index in [2.05, 4.69) is 35.0 Å². The third-order valence-electron chi connectivity index (χ3n) is 5.33. The van der Waals surface area contributed by atoms with Crippen LogP contribution in [0, 0.1) is 5.92 Å². The normalized spacial score (nSPS) is 25.4. The number of anilines is 1. The molecule has 0 bridgehead atoms. The highest BCUT2D eigenvalue weighted by Crippen LogP contribution is 2.34. The van der Waals surface area contributed by atoms with E-state index in [1.807, 2.05) is 0 Å². The van der Waals surface area contributed by atoms with E-state index in [0.717, 1.165) is 24.3 Å². The molecule has 0 unspecified atom stereocenters. The molecule has 1 saturated heterocycles. The summed E-state index contributed by atoms with van der Waals surface area (Å²) in [5, 5.41) is 0. The first-order valence-electron chi connectivity index (χ1n) is 8.50. The van der Waals surface area contributed by atoms with Gasteiger partial charge in [0, 0.05) is 30.9 Å². The summed E-state index contributed by atoms with van der Waals surface area (Å²) in [4.78, 5) is 5.09. The third-order valence-corrected chi connectivity index (χ3v) is 5.33. The average molecular weight is 286 g/mol. The van der Waals surface area contributed by atoms with E-state index in [1.165, 1.54) is 63.0 Å². The van der Waals surface area contributed by atoms with Crippen LogP contribution in [0.4, 0.5) is 5.69 Å². The number of hydrogen-bond acceptors (Lipinski definition) is 3. The van der Waals surface area contributed by atoms with Crippen LogP contribution in [-0.4, -0.2) is 44.2 Å². The van der Waals surface area contributed by atoms with Gasteiger partial charge in [0.2, 0.25) is 0 Å². The molecule has 21 heavy (non-hydrogen) atoms. The molecule has 1 aromatic rings. The van der Waals surface area contributed by atoms with Crippen LogP contribution in [0.1, 0.15) is 31.2 Å². The second-order valence-electron chi connectivity index (χ2n) is 7.02. The Morgan fingerprint density at radius 3 is 2.86 bits per heavy atom. The molecule has 3 nitrogen and oxygen atoms in total. The van der Waals surface area contributed by atoms with Crippen molar-refractivity contribution in [2.45, 2.75) is 38.1 Å². The van der Waals surface area contributed by atoms with Crippen molar-refractivity contribution in [3.05, 3.63) is 23.8 Å². The summed E-state index contributed by atoms with van der Waals surface area (Å²) in [5.41, 5.74) is 2.91. The number of fused-ring (bicyclic) bond motifs is 1. The first kappa shape index (κ1) is 13.4. The van der Waals surface area contributed by atoms with Gasteiger partial charge in [0.05, 0.1) is 6.61 Å². The zero-order chi connectivity index (χ0) is 14.2. The van der Waals surface area contributed by atoms with Gasteiger partial charge in [0.1, 0.15) is 5.75 Å². The van der Waals surface area contributed by atoms with Crippen LogP contribution < -0.4 is 9.64 Å². The maximum absolute atomic E-state index is 5.96. The molecule has 3 aliphatic rings. The van der Waals surface area contributed by atoms with E-state index >= 15 is 0 Å². The molecule has 3 heteroatoms. The van der Waals surface area contributed by atoms with Gasteiger partial charge in [-0.15, -0.1) is 0 Å². The minimum atomic E-state index is 0.729. The van der Waals surface area contributed by atoms with Crippen LogP contribution in [0.3, 0.4) is 0 Å². The largest absolute Gasteiger partial charge is 0.493 e. The van der Waals surface area contributed by atoms with E-state index < -0.39 is 0 Å². The highest BCUT2D eigenvalue weighted by Gasteiger charge is 2.27. The number of benzene rings is 1. The molecule has 2 aliphatic heterocycles.